The third-order valence-electron chi connectivity index (χ3n) is 4.23. The first kappa shape index (κ1) is 19.0. The lowest BCUT2D eigenvalue weighted by molar-refractivity contribution is 0.266. The summed E-state index contributed by atoms with van der Waals surface area (Å²) in [6, 6.07) is 16.3. The summed E-state index contributed by atoms with van der Waals surface area (Å²) in [7, 11) is 0. The van der Waals surface area contributed by atoms with Crippen molar-refractivity contribution in [2.24, 2.45) is 0 Å². The van der Waals surface area contributed by atoms with Crippen molar-refractivity contribution in [3.05, 3.63) is 78.4 Å². The van der Waals surface area contributed by atoms with E-state index in [4.69, 9.17) is 9.47 Å². The van der Waals surface area contributed by atoms with E-state index < -0.39 is 0 Å². The molecule has 1 N–H and O–H groups in total. The molecule has 0 aliphatic heterocycles. The van der Waals surface area contributed by atoms with Gasteiger partial charge in [0, 0.05) is 31.0 Å². The minimum Gasteiger partial charge on any atom is -0.490 e. The van der Waals surface area contributed by atoms with Crippen LogP contribution < -0.4 is 14.8 Å². The molecular weight excluding hydrogens is 338 g/mol. The van der Waals surface area contributed by atoms with E-state index in [1.807, 2.05) is 56.0 Å². The zero-order valence-corrected chi connectivity index (χ0v) is 15.8. The molecule has 2 aromatic carbocycles. The Morgan fingerprint density at radius 1 is 1.04 bits per heavy atom. The molecule has 3 rings (SSSR count). The fourth-order valence-corrected chi connectivity index (χ4v) is 2.89. The summed E-state index contributed by atoms with van der Waals surface area (Å²) in [6.07, 6.45) is 6.69. The number of para-hydroxylation sites is 1. The van der Waals surface area contributed by atoms with Crippen molar-refractivity contribution in [2.45, 2.75) is 33.0 Å². The third kappa shape index (κ3) is 5.86. The number of nitrogens with zero attached hydrogens (tertiary/aromatic N) is 2. The van der Waals surface area contributed by atoms with E-state index in [1.54, 1.807) is 0 Å². The van der Waals surface area contributed by atoms with E-state index >= 15 is 0 Å². The van der Waals surface area contributed by atoms with E-state index in [1.165, 1.54) is 0 Å². The van der Waals surface area contributed by atoms with E-state index in [0.29, 0.717) is 13.2 Å². The van der Waals surface area contributed by atoms with Gasteiger partial charge in [-0.05, 0) is 31.5 Å². The Kier molecular flexibility index (Phi) is 7.30. The molecule has 0 bridgehead atoms. The highest BCUT2D eigenvalue weighted by Gasteiger charge is 2.11. The van der Waals surface area contributed by atoms with Crippen LogP contribution in [-0.4, -0.2) is 22.7 Å². The molecule has 5 nitrogen and oxygen atoms in total. The van der Waals surface area contributed by atoms with Gasteiger partial charge in [0.15, 0.2) is 11.5 Å². The Labute approximate surface area is 161 Å². The summed E-state index contributed by atoms with van der Waals surface area (Å²) in [4.78, 5) is 4.06. The molecule has 142 valence electrons. The maximum absolute atomic E-state index is 6.15. The SMILES string of the molecule is CCOc1cccc(CNCCCn2ccnc2)c1OCc1ccccc1. The second kappa shape index (κ2) is 10.4. The molecule has 1 heterocycles. The van der Waals surface area contributed by atoms with Crippen LogP contribution in [0, 0.1) is 0 Å². The van der Waals surface area contributed by atoms with Crippen LogP contribution in [0.15, 0.2) is 67.3 Å². The number of ether oxygens (including phenoxy) is 2. The van der Waals surface area contributed by atoms with Gasteiger partial charge < -0.3 is 19.4 Å². The molecule has 0 radical (unpaired) electrons. The van der Waals surface area contributed by atoms with Gasteiger partial charge in [-0.3, -0.25) is 0 Å². The molecule has 0 aliphatic carbocycles. The first-order chi connectivity index (χ1) is 13.4. The first-order valence-electron chi connectivity index (χ1n) is 9.44. The summed E-state index contributed by atoms with van der Waals surface area (Å²) >= 11 is 0. The van der Waals surface area contributed by atoms with Crippen LogP contribution in [0.2, 0.25) is 0 Å². The van der Waals surface area contributed by atoms with Gasteiger partial charge in [-0.1, -0.05) is 42.5 Å². The van der Waals surface area contributed by atoms with Gasteiger partial charge in [0.05, 0.1) is 12.9 Å². The monoisotopic (exact) mass is 365 g/mol. The van der Waals surface area contributed by atoms with Crippen molar-refractivity contribution in [1.82, 2.24) is 14.9 Å². The lowest BCUT2D eigenvalue weighted by atomic mass is 10.1. The van der Waals surface area contributed by atoms with Crippen LogP contribution in [0.25, 0.3) is 0 Å². The van der Waals surface area contributed by atoms with Gasteiger partial charge in [0.2, 0.25) is 0 Å². The first-order valence-corrected chi connectivity index (χ1v) is 9.44. The Morgan fingerprint density at radius 3 is 2.70 bits per heavy atom. The summed E-state index contributed by atoms with van der Waals surface area (Å²) in [5, 5.41) is 3.50. The van der Waals surface area contributed by atoms with Gasteiger partial charge in [0.1, 0.15) is 6.61 Å². The number of imidazole rings is 1. The topological polar surface area (TPSA) is 48.3 Å². The molecular formula is C22H27N3O2. The van der Waals surface area contributed by atoms with Crippen LogP contribution in [0.4, 0.5) is 0 Å². The number of nitrogens with one attached hydrogen (secondary N) is 1. The van der Waals surface area contributed by atoms with Crippen molar-refractivity contribution < 1.29 is 9.47 Å². The average molecular weight is 365 g/mol. The van der Waals surface area contributed by atoms with E-state index in [9.17, 15) is 0 Å². The lowest BCUT2D eigenvalue weighted by Gasteiger charge is -2.16. The summed E-state index contributed by atoms with van der Waals surface area (Å²) in [6.45, 7) is 5.76. The van der Waals surface area contributed by atoms with E-state index in [-0.39, 0.29) is 0 Å². The molecule has 0 spiro atoms. The Bertz CT molecular complexity index is 789. The van der Waals surface area contributed by atoms with Crippen LogP contribution in [0.5, 0.6) is 11.5 Å². The second-order valence-electron chi connectivity index (χ2n) is 6.28. The van der Waals surface area contributed by atoms with Crippen LogP contribution >= 0.6 is 0 Å². The van der Waals surface area contributed by atoms with E-state index in [2.05, 4.69) is 33.1 Å². The minimum absolute atomic E-state index is 0.526. The molecule has 0 atom stereocenters. The Morgan fingerprint density at radius 2 is 1.93 bits per heavy atom. The van der Waals surface area contributed by atoms with Crippen molar-refractivity contribution >= 4 is 0 Å². The van der Waals surface area contributed by atoms with Crippen molar-refractivity contribution in [2.75, 3.05) is 13.2 Å². The quantitative estimate of drug-likeness (QED) is 0.521. The summed E-state index contributed by atoms with van der Waals surface area (Å²) in [5.41, 5.74) is 2.25. The number of rotatable bonds is 11. The maximum atomic E-state index is 6.15. The van der Waals surface area contributed by atoms with Gasteiger partial charge in [0.25, 0.3) is 0 Å². The number of hydrogen-bond acceptors (Lipinski definition) is 4. The number of aryl methyl sites for hydroxylation is 1. The molecule has 0 saturated carbocycles. The second-order valence-corrected chi connectivity index (χ2v) is 6.28. The fraction of sp³-hybridized carbons (Fsp3) is 0.318. The standard InChI is InChI=1S/C22H27N3O2/c1-2-26-21-11-6-10-20(16-23-12-7-14-25-15-13-24-18-25)22(21)27-17-19-8-4-3-5-9-19/h3-6,8-11,13,15,18,23H,2,7,12,14,16-17H2,1H3. The Hall–Kier alpha value is -2.79. The minimum atomic E-state index is 0.526. The third-order valence-corrected chi connectivity index (χ3v) is 4.23. The highest BCUT2D eigenvalue weighted by atomic mass is 16.5. The predicted molar refractivity (Wildman–Crippen MR) is 107 cm³/mol. The van der Waals surface area contributed by atoms with Crippen molar-refractivity contribution in [3.8, 4) is 11.5 Å². The van der Waals surface area contributed by atoms with Gasteiger partial charge in [-0.2, -0.15) is 0 Å². The summed E-state index contributed by atoms with van der Waals surface area (Å²) < 4.78 is 14.0. The largest absolute Gasteiger partial charge is 0.490 e. The van der Waals surface area contributed by atoms with Crippen LogP contribution in [-0.2, 0) is 19.7 Å². The maximum Gasteiger partial charge on any atom is 0.166 e. The van der Waals surface area contributed by atoms with Crippen LogP contribution in [0.3, 0.4) is 0 Å². The molecule has 0 fully saturated rings. The molecule has 27 heavy (non-hydrogen) atoms. The number of benzene rings is 2. The molecule has 0 saturated heterocycles. The van der Waals surface area contributed by atoms with Gasteiger partial charge in [-0.25, -0.2) is 4.98 Å². The highest BCUT2D eigenvalue weighted by molar-refractivity contribution is 5.46. The zero-order chi connectivity index (χ0) is 18.7. The molecule has 1 aromatic heterocycles. The molecule has 0 aliphatic rings. The fourth-order valence-electron chi connectivity index (χ4n) is 2.89. The van der Waals surface area contributed by atoms with Crippen LogP contribution in [0.1, 0.15) is 24.5 Å². The van der Waals surface area contributed by atoms with Crippen molar-refractivity contribution in [3.63, 3.8) is 0 Å². The van der Waals surface area contributed by atoms with Crippen molar-refractivity contribution in [1.29, 1.82) is 0 Å². The smallest absolute Gasteiger partial charge is 0.166 e. The molecule has 0 amide bonds. The Balaban J connectivity index is 1.58. The van der Waals surface area contributed by atoms with Gasteiger partial charge in [-0.15, -0.1) is 0 Å². The highest BCUT2D eigenvalue weighted by Crippen LogP contribution is 2.32. The van der Waals surface area contributed by atoms with Gasteiger partial charge >= 0.3 is 0 Å². The zero-order valence-electron chi connectivity index (χ0n) is 15.8. The predicted octanol–water partition coefficient (Wildman–Crippen LogP) is 4.04. The lowest BCUT2D eigenvalue weighted by Crippen LogP contribution is -2.17. The summed E-state index contributed by atoms with van der Waals surface area (Å²) in [5.74, 6) is 1.62. The number of aromatic nitrogens is 2. The number of hydrogen-bond donors (Lipinski definition) is 1. The van der Waals surface area contributed by atoms with E-state index in [0.717, 1.165) is 48.7 Å². The molecule has 5 heteroatoms. The normalized spacial score (nSPS) is 10.7. The molecule has 3 aromatic rings. The average Bonchev–Trinajstić information content (AvgIpc) is 3.22. The molecule has 0 unspecified atom stereocenters.